The summed E-state index contributed by atoms with van der Waals surface area (Å²) in [6.07, 6.45) is 0. The van der Waals surface area contributed by atoms with Crippen LogP contribution in [0.4, 0.5) is 0 Å². The van der Waals surface area contributed by atoms with Gasteiger partial charge in [0, 0.05) is 0 Å². The van der Waals surface area contributed by atoms with Crippen LogP contribution in [0, 0.1) is 0 Å². The number of halogens is 4. The van der Waals surface area contributed by atoms with Crippen molar-refractivity contribution in [3.05, 3.63) is 35.4 Å². The third-order valence-electron chi connectivity index (χ3n) is 2.91. The minimum Gasteiger partial charge on any atom is -0.468 e. The lowest BCUT2D eigenvalue weighted by atomic mass is 10.0. The van der Waals surface area contributed by atoms with Gasteiger partial charge in [-0.2, -0.15) is 0 Å². The van der Waals surface area contributed by atoms with Gasteiger partial charge < -0.3 is 9.47 Å². The number of carbonyl (C=O) groups is 2. The molecule has 0 aliphatic rings. The van der Waals surface area contributed by atoms with Crippen molar-refractivity contribution in [1.82, 2.24) is 0 Å². The summed E-state index contributed by atoms with van der Waals surface area (Å²) in [4.78, 5) is 22.9. The first-order valence-corrected chi connectivity index (χ1v) is 7.89. The van der Waals surface area contributed by atoms with Crippen LogP contribution in [0.15, 0.2) is 24.3 Å². The van der Waals surface area contributed by atoms with E-state index in [-0.39, 0.29) is 0 Å². The van der Waals surface area contributed by atoms with Crippen molar-refractivity contribution >= 4 is 58.3 Å². The van der Waals surface area contributed by atoms with E-state index in [0.29, 0.717) is 11.1 Å². The number of hydrogen-bond acceptors (Lipinski definition) is 4. The highest BCUT2D eigenvalue weighted by molar-refractivity contribution is 6.37. The van der Waals surface area contributed by atoms with Crippen LogP contribution in [0.3, 0.4) is 0 Å². The number of alkyl halides is 4. The Labute approximate surface area is 148 Å². The molecule has 4 atom stereocenters. The van der Waals surface area contributed by atoms with Gasteiger partial charge in [0.1, 0.15) is 0 Å². The molecule has 1 aromatic rings. The van der Waals surface area contributed by atoms with Crippen LogP contribution >= 0.6 is 46.4 Å². The highest BCUT2D eigenvalue weighted by atomic mass is 35.5. The van der Waals surface area contributed by atoms with Crippen LogP contribution < -0.4 is 0 Å². The summed E-state index contributed by atoms with van der Waals surface area (Å²) >= 11 is 24.2. The average molecular weight is 388 g/mol. The van der Waals surface area contributed by atoms with E-state index in [2.05, 4.69) is 9.47 Å². The molecule has 0 N–H and O–H groups in total. The molecule has 1 rings (SSSR count). The summed E-state index contributed by atoms with van der Waals surface area (Å²) < 4.78 is 9.11. The molecular weight excluding hydrogens is 374 g/mol. The van der Waals surface area contributed by atoms with Gasteiger partial charge in [-0.05, 0) is 11.1 Å². The van der Waals surface area contributed by atoms with Crippen molar-refractivity contribution in [2.24, 2.45) is 0 Å². The topological polar surface area (TPSA) is 52.6 Å². The number of ether oxygens (including phenoxy) is 2. The molecule has 0 spiro atoms. The van der Waals surface area contributed by atoms with E-state index >= 15 is 0 Å². The highest BCUT2D eigenvalue weighted by Crippen LogP contribution is 2.34. The van der Waals surface area contributed by atoms with Crippen LogP contribution in [0.2, 0.25) is 0 Å². The Morgan fingerprint density at radius 2 is 1.23 bits per heavy atom. The number of hydrogen-bond donors (Lipinski definition) is 0. The van der Waals surface area contributed by atoms with Gasteiger partial charge in [-0.15, -0.1) is 46.4 Å². The second-order valence-corrected chi connectivity index (χ2v) is 6.20. The lowest BCUT2D eigenvalue weighted by Gasteiger charge is -2.18. The zero-order valence-corrected chi connectivity index (χ0v) is 14.8. The monoisotopic (exact) mass is 386 g/mol. The van der Waals surface area contributed by atoms with E-state index < -0.39 is 33.4 Å². The molecule has 1 aromatic carbocycles. The fraction of sp³-hybridized carbons (Fsp3) is 0.429. The van der Waals surface area contributed by atoms with Gasteiger partial charge in [0.25, 0.3) is 0 Å². The summed E-state index contributed by atoms with van der Waals surface area (Å²) in [5.74, 6) is -1.28. The molecule has 0 aromatic heterocycles. The Bertz CT molecular complexity index is 494. The molecule has 0 bridgehead atoms. The molecule has 0 unspecified atom stereocenters. The maximum absolute atomic E-state index is 11.4. The van der Waals surface area contributed by atoms with Crippen LogP contribution in [0.25, 0.3) is 0 Å². The molecule has 0 aliphatic carbocycles. The number of benzene rings is 1. The zero-order valence-electron chi connectivity index (χ0n) is 11.8. The molecule has 0 aliphatic heterocycles. The molecule has 0 heterocycles. The van der Waals surface area contributed by atoms with Crippen molar-refractivity contribution in [3.8, 4) is 0 Å². The Morgan fingerprint density at radius 1 is 0.864 bits per heavy atom. The van der Waals surface area contributed by atoms with Crippen LogP contribution in [0.1, 0.15) is 21.9 Å². The average Bonchev–Trinajstić information content (AvgIpc) is 2.57. The largest absolute Gasteiger partial charge is 0.468 e. The normalized spacial score (nSPS) is 16.3. The molecule has 0 amide bonds. The van der Waals surface area contributed by atoms with Gasteiger partial charge in [0.15, 0.2) is 10.8 Å². The second-order valence-electron chi connectivity index (χ2n) is 4.32. The SMILES string of the molecule is COC(=O)[C@@H](Cl)[C@@H](Cl)c1cccc([C@H](Cl)[C@H](Cl)C(=O)OC)c1. The van der Waals surface area contributed by atoms with Crippen molar-refractivity contribution in [1.29, 1.82) is 0 Å². The fourth-order valence-electron chi connectivity index (χ4n) is 1.70. The van der Waals surface area contributed by atoms with Gasteiger partial charge in [-0.1, -0.05) is 24.3 Å². The molecule has 0 saturated heterocycles. The molecule has 0 radical (unpaired) electrons. The predicted molar refractivity (Wildman–Crippen MR) is 86.9 cm³/mol. The van der Waals surface area contributed by atoms with Crippen molar-refractivity contribution in [2.45, 2.75) is 21.5 Å². The maximum Gasteiger partial charge on any atom is 0.325 e. The predicted octanol–water partition coefficient (Wildman–Crippen LogP) is 3.81. The van der Waals surface area contributed by atoms with Gasteiger partial charge in [-0.25, -0.2) is 0 Å². The first-order valence-electron chi connectivity index (χ1n) is 6.15. The van der Waals surface area contributed by atoms with Crippen molar-refractivity contribution in [2.75, 3.05) is 14.2 Å². The summed E-state index contributed by atoms with van der Waals surface area (Å²) in [7, 11) is 2.45. The van der Waals surface area contributed by atoms with Crippen LogP contribution in [-0.4, -0.2) is 36.9 Å². The first kappa shape index (κ1) is 19.4. The standard InChI is InChI=1S/C14H14Cl4O4/c1-21-13(19)11(17)9(15)7-4-3-5-8(6-7)10(16)12(18)14(20)22-2/h3-6,9-12H,1-2H3/t9-,10-,11-,12-/m0/s1. The first-order chi connectivity index (χ1) is 10.3. The third kappa shape index (κ3) is 4.66. The number of esters is 2. The zero-order chi connectivity index (χ0) is 16.9. The number of methoxy groups -OCH3 is 2. The molecule has 0 fully saturated rings. The van der Waals surface area contributed by atoms with E-state index in [4.69, 9.17) is 46.4 Å². The molecular formula is C14H14Cl4O4. The van der Waals surface area contributed by atoms with Gasteiger partial charge >= 0.3 is 11.9 Å². The summed E-state index contributed by atoms with van der Waals surface area (Å²) in [5, 5.41) is -3.74. The molecule has 22 heavy (non-hydrogen) atoms. The lowest BCUT2D eigenvalue weighted by Crippen LogP contribution is -2.22. The van der Waals surface area contributed by atoms with Crippen molar-refractivity contribution < 1.29 is 19.1 Å². The van der Waals surface area contributed by atoms with Gasteiger partial charge in [0.05, 0.1) is 25.0 Å². The fourth-order valence-corrected chi connectivity index (χ4v) is 2.65. The van der Waals surface area contributed by atoms with E-state index in [0.717, 1.165) is 0 Å². The van der Waals surface area contributed by atoms with Crippen LogP contribution in [-0.2, 0) is 19.1 Å². The van der Waals surface area contributed by atoms with E-state index in [1.807, 2.05) is 0 Å². The second kappa shape index (κ2) is 8.82. The summed E-state index contributed by atoms with van der Waals surface area (Å²) in [5.41, 5.74) is 1.12. The summed E-state index contributed by atoms with van der Waals surface area (Å²) in [6.45, 7) is 0. The Morgan fingerprint density at radius 3 is 1.55 bits per heavy atom. The number of carbonyl (C=O) groups excluding carboxylic acids is 2. The Balaban J connectivity index is 2.99. The molecule has 8 heteroatoms. The molecule has 0 saturated carbocycles. The quantitative estimate of drug-likeness (QED) is 0.550. The van der Waals surface area contributed by atoms with E-state index in [1.165, 1.54) is 14.2 Å². The highest BCUT2D eigenvalue weighted by Gasteiger charge is 2.30. The third-order valence-corrected chi connectivity index (χ3v) is 5.04. The Kier molecular flexibility index (Phi) is 7.77. The van der Waals surface area contributed by atoms with E-state index in [1.54, 1.807) is 24.3 Å². The minimum atomic E-state index is -1.05. The van der Waals surface area contributed by atoms with Gasteiger partial charge in [-0.3, -0.25) is 9.59 Å². The molecule has 4 nitrogen and oxygen atoms in total. The van der Waals surface area contributed by atoms with Crippen molar-refractivity contribution in [3.63, 3.8) is 0 Å². The molecule has 122 valence electrons. The maximum atomic E-state index is 11.4. The van der Waals surface area contributed by atoms with E-state index in [9.17, 15) is 9.59 Å². The summed E-state index contributed by atoms with van der Waals surface area (Å²) in [6, 6.07) is 6.68. The lowest BCUT2D eigenvalue weighted by molar-refractivity contribution is -0.141. The van der Waals surface area contributed by atoms with Gasteiger partial charge in [0.2, 0.25) is 0 Å². The number of rotatable bonds is 6. The Hall–Kier alpha value is -0.680. The van der Waals surface area contributed by atoms with Crippen LogP contribution in [0.5, 0.6) is 0 Å². The minimum absolute atomic E-state index is 0.559. The smallest absolute Gasteiger partial charge is 0.325 e.